The Morgan fingerprint density at radius 1 is 0.949 bits per heavy atom. The molecule has 0 unspecified atom stereocenters. The molecule has 0 radical (unpaired) electrons. The van der Waals surface area contributed by atoms with E-state index in [0.29, 0.717) is 22.9 Å². The van der Waals surface area contributed by atoms with Crippen molar-refractivity contribution in [2.45, 2.75) is 50.7 Å². The van der Waals surface area contributed by atoms with Crippen molar-refractivity contribution >= 4 is 39.1 Å². The SMILES string of the molecule is CC[C@@H](C(=O)NC(C)C)N(Cc1ccc(Cl)cc1)C(=O)CN(c1ccccc1)S(=O)(=O)c1ccc(OC)cc1. The Morgan fingerprint density at radius 2 is 1.56 bits per heavy atom. The summed E-state index contributed by atoms with van der Waals surface area (Å²) in [5, 5.41) is 3.42. The van der Waals surface area contributed by atoms with E-state index in [9.17, 15) is 18.0 Å². The molecule has 1 atom stereocenters. The molecule has 3 aromatic rings. The van der Waals surface area contributed by atoms with Gasteiger partial charge in [0.2, 0.25) is 11.8 Å². The van der Waals surface area contributed by atoms with Crippen molar-refractivity contribution in [3.05, 3.63) is 89.4 Å². The maximum Gasteiger partial charge on any atom is 0.264 e. The first-order chi connectivity index (χ1) is 18.6. The summed E-state index contributed by atoms with van der Waals surface area (Å²) in [5.41, 5.74) is 1.08. The van der Waals surface area contributed by atoms with Gasteiger partial charge in [0.1, 0.15) is 18.3 Å². The van der Waals surface area contributed by atoms with Crippen molar-refractivity contribution in [1.82, 2.24) is 10.2 Å². The van der Waals surface area contributed by atoms with Crippen molar-refractivity contribution < 1.29 is 22.7 Å². The van der Waals surface area contributed by atoms with E-state index in [1.54, 1.807) is 66.7 Å². The zero-order chi connectivity index (χ0) is 28.6. The molecule has 0 aliphatic rings. The highest BCUT2D eigenvalue weighted by Crippen LogP contribution is 2.26. The largest absolute Gasteiger partial charge is 0.497 e. The van der Waals surface area contributed by atoms with Crippen LogP contribution < -0.4 is 14.4 Å². The van der Waals surface area contributed by atoms with E-state index in [2.05, 4.69) is 5.32 Å². The molecule has 10 heteroatoms. The summed E-state index contributed by atoms with van der Waals surface area (Å²) in [6.07, 6.45) is 0.342. The molecule has 0 aliphatic heterocycles. The molecule has 0 aliphatic carbocycles. The molecule has 0 heterocycles. The topological polar surface area (TPSA) is 96.0 Å². The zero-order valence-electron chi connectivity index (χ0n) is 22.5. The van der Waals surface area contributed by atoms with Crippen LogP contribution in [0.1, 0.15) is 32.8 Å². The van der Waals surface area contributed by atoms with Crippen LogP contribution in [0.2, 0.25) is 5.02 Å². The van der Waals surface area contributed by atoms with Crippen LogP contribution in [0.5, 0.6) is 5.75 Å². The van der Waals surface area contributed by atoms with Gasteiger partial charge in [0.05, 0.1) is 17.7 Å². The normalized spacial score (nSPS) is 12.1. The van der Waals surface area contributed by atoms with Gasteiger partial charge >= 0.3 is 0 Å². The fraction of sp³-hybridized carbons (Fsp3) is 0.310. The van der Waals surface area contributed by atoms with Gasteiger partial charge in [0, 0.05) is 17.6 Å². The van der Waals surface area contributed by atoms with Crippen LogP contribution in [0.15, 0.2) is 83.8 Å². The lowest BCUT2D eigenvalue weighted by Crippen LogP contribution is -2.53. The van der Waals surface area contributed by atoms with Crippen LogP contribution in [0.3, 0.4) is 0 Å². The number of halogens is 1. The fourth-order valence-corrected chi connectivity index (χ4v) is 5.62. The van der Waals surface area contributed by atoms with Crippen LogP contribution in [0.4, 0.5) is 5.69 Å². The predicted octanol–water partition coefficient (Wildman–Crippen LogP) is 4.88. The number of anilines is 1. The molecule has 3 aromatic carbocycles. The third kappa shape index (κ3) is 7.74. The first-order valence-electron chi connectivity index (χ1n) is 12.6. The van der Waals surface area contributed by atoms with E-state index in [0.717, 1.165) is 9.87 Å². The Balaban J connectivity index is 2.03. The van der Waals surface area contributed by atoms with Crippen LogP contribution in [-0.2, 0) is 26.2 Å². The summed E-state index contributed by atoms with van der Waals surface area (Å²) >= 11 is 6.05. The highest BCUT2D eigenvalue weighted by atomic mass is 35.5. The Bertz CT molecular complexity index is 1350. The van der Waals surface area contributed by atoms with Crippen LogP contribution in [0, 0.1) is 0 Å². The van der Waals surface area contributed by atoms with Gasteiger partial charge in [-0.2, -0.15) is 0 Å². The van der Waals surface area contributed by atoms with Gasteiger partial charge in [0.25, 0.3) is 10.0 Å². The number of nitrogens with one attached hydrogen (secondary N) is 1. The minimum absolute atomic E-state index is 0.00815. The van der Waals surface area contributed by atoms with Crippen LogP contribution in [0.25, 0.3) is 0 Å². The number of nitrogens with zero attached hydrogens (tertiary/aromatic N) is 2. The van der Waals surface area contributed by atoms with E-state index >= 15 is 0 Å². The quantitative estimate of drug-likeness (QED) is 0.334. The second kappa shape index (κ2) is 13.5. The van der Waals surface area contributed by atoms with Gasteiger partial charge in [-0.1, -0.05) is 48.9 Å². The number of sulfonamides is 1. The average Bonchev–Trinajstić information content (AvgIpc) is 2.92. The molecule has 3 rings (SSSR count). The summed E-state index contributed by atoms with van der Waals surface area (Å²) in [6, 6.07) is 20.4. The number of hydrogen-bond acceptors (Lipinski definition) is 5. The number of amides is 2. The number of rotatable bonds is 12. The first kappa shape index (κ1) is 30.0. The third-order valence-electron chi connectivity index (χ3n) is 6.05. The molecular weight excluding hydrogens is 538 g/mol. The molecular formula is C29H34ClN3O5S. The van der Waals surface area contributed by atoms with Gasteiger partial charge in [-0.05, 0) is 74.4 Å². The van der Waals surface area contributed by atoms with Gasteiger partial charge in [-0.3, -0.25) is 13.9 Å². The maximum atomic E-state index is 14.0. The lowest BCUT2D eigenvalue weighted by molar-refractivity contribution is -0.140. The fourth-order valence-electron chi connectivity index (χ4n) is 4.08. The minimum atomic E-state index is -4.15. The number of ether oxygens (including phenoxy) is 1. The molecule has 39 heavy (non-hydrogen) atoms. The molecule has 0 bridgehead atoms. The van der Waals surface area contributed by atoms with E-state index in [1.165, 1.54) is 24.1 Å². The van der Waals surface area contributed by atoms with E-state index in [1.807, 2.05) is 20.8 Å². The molecule has 0 aromatic heterocycles. The van der Waals surface area contributed by atoms with Crippen molar-refractivity contribution in [3.8, 4) is 5.75 Å². The second-order valence-corrected chi connectivity index (χ2v) is 11.6. The molecule has 1 N–H and O–H groups in total. The number of hydrogen-bond donors (Lipinski definition) is 1. The Morgan fingerprint density at radius 3 is 2.10 bits per heavy atom. The average molecular weight is 572 g/mol. The molecule has 0 fully saturated rings. The molecule has 208 valence electrons. The maximum absolute atomic E-state index is 14.0. The van der Waals surface area contributed by atoms with Gasteiger partial charge in [0.15, 0.2) is 0 Å². The van der Waals surface area contributed by atoms with Gasteiger partial charge < -0.3 is 15.0 Å². The van der Waals surface area contributed by atoms with Gasteiger partial charge in [-0.25, -0.2) is 8.42 Å². The van der Waals surface area contributed by atoms with Crippen LogP contribution in [-0.4, -0.2) is 50.9 Å². The summed E-state index contributed by atoms with van der Waals surface area (Å²) in [5.74, 6) is -0.317. The predicted molar refractivity (Wildman–Crippen MR) is 153 cm³/mol. The molecule has 0 spiro atoms. The molecule has 0 saturated heterocycles. The summed E-state index contributed by atoms with van der Waals surface area (Å²) in [4.78, 5) is 28.5. The number of benzene rings is 3. The molecule has 2 amide bonds. The zero-order valence-corrected chi connectivity index (χ0v) is 24.1. The van der Waals surface area contributed by atoms with Crippen molar-refractivity contribution in [2.75, 3.05) is 18.0 Å². The third-order valence-corrected chi connectivity index (χ3v) is 8.09. The van der Waals surface area contributed by atoms with Crippen LogP contribution >= 0.6 is 11.6 Å². The minimum Gasteiger partial charge on any atom is -0.497 e. The highest BCUT2D eigenvalue weighted by Gasteiger charge is 2.33. The summed E-state index contributed by atoms with van der Waals surface area (Å²) in [7, 11) is -2.65. The van der Waals surface area contributed by atoms with E-state index in [-0.39, 0.29) is 23.4 Å². The second-order valence-electron chi connectivity index (χ2n) is 9.26. The molecule has 0 saturated carbocycles. The van der Waals surface area contributed by atoms with E-state index < -0.39 is 28.5 Å². The van der Waals surface area contributed by atoms with Crippen molar-refractivity contribution in [3.63, 3.8) is 0 Å². The lowest BCUT2D eigenvalue weighted by atomic mass is 10.1. The summed E-state index contributed by atoms with van der Waals surface area (Å²) in [6.45, 7) is 5.10. The Kier molecular flexibility index (Phi) is 10.4. The number of para-hydroxylation sites is 1. The Hall–Kier alpha value is -3.56. The lowest BCUT2D eigenvalue weighted by Gasteiger charge is -2.33. The number of carbonyl (C=O) groups is 2. The highest BCUT2D eigenvalue weighted by molar-refractivity contribution is 7.92. The smallest absolute Gasteiger partial charge is 0.264 e. The van der Waals surface area contributed by atoms with Crippen molar-refractivity contribution in [2.24, 2.45) is 0 Å². The monoisotopic (exact) mass is 571 g/mol. The van der Waals surface area contributed by atoms with Gasteiger partial charge in [-0.15, -0.1) is 0 Å². The Labute approximate surface area is 235 Å². The van der Waals surface area contributed by atoms with Crippen molar-refractivity contribution in [1.29, 1.82) is 0 Å². The number of carbonyl (C=O) groups excluding carboxylic acids is 2. The standard InChI is InChI=1S/C29H34ClN3O5S/c1-5-27(29(35)31-21(2)3)32(19-22-11-13-23(30)14-12-22)28(34)20-33(24-9-7-6-8-10-24)39(36,37)26-17-15-25(38-4)16-18-26/h6-18,21,27H,5,19-20H2,1-4H3,(H,31,35)/t27-/m0/s1. The first-order valence-corrected chi connectivity index (χ1v) is 14.4. The number of methoxy groups -OCH3 is 1. The van der Waals surface area contributed by atoms with E-state index in [4.69, 9.17) is 16.3 Å². The molecule has 8 nitrogen and oxygen atoms in total. The summed E-state index contributed by atoms with van der Waals surface area (Å²) < 4.78 is 33.9.